The van der Waals surface area contributed by atoms with Gasteiger partial charge in [0.1, 0.15) is 12.4 Å². The molecule has 36 heavy (non-hydrogen) atoms. The molecule has 2 aromatic carbocycles. The van der Waals surface area contributed by atoms with Crippen LogP contribution < -0.4 is 10.6 Å². The summed E-state index contributed by atoms with van der Waals surface area (Å²) in [5.74, 6) is 0.685. The molecule has 4 atom stereocenters. The zero-order valence-electron chi connectivity index (χ0n) is 20.3. The number of thioether (sulfide) groups is 1. The monoisotopic (exact) mass is 535 g/mol. The molecular formula is C25H33N3O6S2. The molecule has 9 nitrogen and oxygen atoms in total. The number of aliphatic hydroxyl groups is 1. The van der Waals surface area contributed by atoms with Gasteiger partial charge in [0.05, 0.1) is 36.1 Å². The predicted molar refractivity (Wildman–Crippen MR) is 140 cm³/mol. The summed E-state index contributed by atoms with van der Waals surface area (Å²) in [6.07, 6.45) is -1.44. The number of amides is 2. The van der Waals surface area contributed by atoms with Crippen molar-refractivity contribution in [1.82, 2.24) is 14.9 Å². The topological polar surface area (TPSA) is 134 Å². The Hall–Kier alpha value is -2.44. The van der Waals surface area contributed by atoms with Crippen molar-refractivity contribution in [3.05, 3.63) is 60.2 Å². The van der Waals surface area contributed by atoms with Crippen LogP contribution in [0.1, 0.15) is 19.4 Å². The molecule has 1 heterocycles. The normalized spacial score (nSPS) is 18.1. The zero-order chi connectivity index (χ0) is 26.1. The van der Waals surface area contributed by atoms with Crippen molar-refractivity contribution < 1.29 is 29.1 Å². The summed E-state index contributed by atoms with van der Waals surface area (Å²) in [6.45, 7) is 4.44. The van der Waals surface area contributed by atoms with Gasteiger partial charge in [-0.05, 0) is 30.0 Å². The van der Waals surface area contributed by atoms with Crippen LogP contribution >= 0.6 is 11.8 Å². The first-order valence-corrected chi connectivity index (χ1v) is 13.8. The summed E-state index contributed by atoms with van der Waals surface area (Å²) in [4.78, 5) is 24.3. The van der Waals surface area contributed by atoms with Crippen LogP contribution in [0.3, 0.4) is 0 Å². The van der Waals surface area contributed by atoms with Crippen molar-refractivity contribution in [1.29, 1.82) is 0 Å². The van der Waals surface area contributed by atoms with Crippen LogP contribution in [0.25, 0.3) is 0 Å². The van der Waals surface area contributed by atoms with Crippen molar-refractivity contribution in [2.24, 2.45) is 5.92 Å². The second-order valence-electron chi connectivity index (χ2n) is 9.03. The number of hydrogen-bond donors (Lipinski definition) is 4. The summed E-state index contributed by atoms with van der Waals surface area (Å²) in [5, 5.41) is 26.3. The Kier molecular flexibility index (Phi) is 10.7. The standard InChI is InChI=1S/C25H33N3O6S2/c1-17(2)13-28(36(33)21-10-6-9-20(29)12-21)14-23(30)22(11-18-7-4-3-5-8-18)27-24(31)34-15-19-16-35-25(32)26-19/h3-10,12,17,19,22-23,29-30H,11,13-16H2,1-2H3,(H,26,32)(H,27,31)/t19-,22-,23+,36?/m0/s1. The highest BCUT2D eigenvalue weighted by molar-refractivity contribution is 8.14. The Labute approximate surface area is 218 Å². The molecule has 4 N–H and O–H groups in total. The third-order valence-corrected chi connectivity index (χ3v) is 7.81. The van der Waals surface area contributed by atoms with Crippen LogP contribution in [0.2, 0.25) is 0 Å². The van der Waals surface area contributed by atoms with Crippen LogP contribution in [0, 0.1) is 5.92 Å². The number of benzene rings is 2. The van der Waals surface area contributed by atoms with Gasteiger partial charge in [-0.15, -0.1) is 4.31 Å². The number of aromatic hydroxyl groups is 1. The van der Waals surface area contributed by atoms with Crippen molar-refractivity contribution in [3.63, 3.8) is 0 Å². The summed E-state index contributed by atoms with van der Waals surface area (Å²) < 4.78 is 20.3. The van der Waals surface area contributed by atoms with Gasteiger partial charge in [-0.1, -0.05) is 62.0 Å². The number of carbonyl (C=O) groups is 2. The molecule has 2 amide bonds. The van der Waals surface area contributed by atoms with Crippen LogP contribution in [0.15, 0.2) is 59.5 Å². The minimum atomic E-state index is -1.63. The Morgan fingerprint density at radius 3 is 2.64 bits per heavy atom. The molecule has 3 rings (SSSR count). The van der Waals surface area contributed by atoms with Gasteiger partial charge in [0.2, 0.25) is 0 Å². The van der Waals surface area contributed by atoms with E-state index in [1.807, 2.05) is 44.2 Å². The lowest BCUT2D eigenvalue weighted by Crippen LogP contribution is -2.51. The van der Waals surface area contributed by atoms with Gasteiger partial charge in [0.25, 0.3) is 5.24 Å². The predicted octanol–water partition coefficient (Wildman–Crippen LogP) is 2.90. The van der Waals surface area contributed by atoms with Crippen LogP contribution in [-0.2, 0) is 22.5 Å². The van der Waals surface area contributed by atoms with E-state index in [2.05, 4.69) is 10.6 Å². The number of rotatable bonds is 12. The molecule has 0 saturated carbocycles. The van der Waals surface area contributed by atoms with Crippen molar-refractivity contribution >= 4 is 34.5 Å². The number of nitrogens with zero attached hydrogens (tertiary/aromatic N) is 1. The Bertz CT molecular complexity index is 997. The first-order chi connectivity index (χ1) is 17.2. The third kappa shape index (κ3) is 8.90. The number of phenolic OH excluding ortho intramolecular Hbond substituents is 1. The SMILES string of the molecule is CC(C)CN(C[C@@H](O)[C@H](Cc1ccccc1)NC(=O)OC[C@H]1CSC(=O)N1)[S+]([O-])c1cccc(O)c1. The molecule has 1 saturated heterocycles. The first kappa shape index (κ1) is 28.1. The molecule has 0 bridgehead atoms. The number of phenols is 1. The van der Waals surface area contributed by atoms with Gasteiger partial charge in [0.15, 0.2) is 4.90 Å². The van der Waals surface area contributed by atoms with E-state index in [0.717, 1.165) is 17.3 Å². The highest BCUT2D eigenvalue weighted by atomic mass is 32.2. The number of carbonyl (C=O) groups excluding carboxylic acids is 2. The summed E-state index contributed by atoms with van der Waals surface area (Å²) in [6, 6.07) is 14.7. The zero-order valence-corrected chi connectivity index (χ0v) is 22.0. The number of nitrogens with one attached hydrogen (secondary N) is 2. The van der Waals surface area contributed by atoms with Gasteiger partial charge >= 0.3 is 6.09 Å². The van der Waals surface area contributed by atoms with Crippen molar-refractivity contribution in [2.45, 2.75) is 43.4 Å². The van der Waals surface area contributed by atoms with Gasteiger partial charge in [0, 0.05) is 18.4 Å². The average molecular weight is 536 g/mol. The smallest absolute Gasteiger partial charge is 0.407 e. The van der Waals surface area contributed by atoms with Crippen molar-refractivity contribution in [2.75, 3.05) is 25.4 Å². The Morgan fingerprint density at radius 2 is 2.00 bits per heavy atom. The minimum absolute atomic E-state index is 0.00844. The Morgan fingerprint density at radius 1 is 1.25 bits per heavy atom. The second-order valence-corrected chi connectivity index (χ2v) is 11.5. The number of ether oxygens (including phenoxy) is 1. The fourth-order valence-electron chi connectivity index (χ4n) is 3.73. The largest absolute Gasteiger partial charge is 0.593 e. The van der Waals surface area contributed by atoms with Gasteiger partial charge in [-0.2, -0.15) is 0 Å². The maximum atomic E-state index is 13.3. The van der Waals surface area contributed by atoms with E-state index >= 15 is 0 Å². The van der Waals surface area contributed by atoms with E-state index in [0.29, 0.717) is 23.6 Å². The number of aliphatic hydroxyl groups excluding tert-OH is 1. The fourth-order valence-corrected chi connectivity index (χ4v) is 5.95. The highest BCUT2D eigenvalue weighted by Crippen LogP contribution is 2.22. The number of hydrogen-bond acceptors (Lipinski definition) is 8. The lowest BCUT2D eigenvalue weighted by atomic mass is 10.0. The molecule has 11 heteroatoms. The van der Waals surface area contributed by atoms with E-state index in [1.54, 1.807) is 16.4 Å². The fraction of sp³-hybridized carbons (Fsp3) is 0.440. The molecule has 196 valence electrons. The molecule has 0 radical (unpaired) electrons. The van der Waals surface area contributed by atoms with Gasteiger partial charge < -0.3 is 30.1 Å². The minimum Gasteiger partial charge on any atom is -0.593 e. The quantitative estimate of drug-likeness (QED) is 0.305. The molecule has 1 unspecified atom stereocenters. The number of alkyl carbamates (subject to hydrolysis) is 1. The summed E-state index contributed by atoms with van der Waals surface area (Å²) >= 11 is -0.491. The van der Waals surface area contributed by atoms with Crippen LogP contribution in [-0.4, -0.2) is 74.0 Å². The summed E-state index contributed by atoms with van der Waals surface area (Å²) in [5.41, 5.74) is 0.908. The molecule has 2 aromatic rings. The van der Waals surface area contributed by atoms with Gasteiger partial charge in [-0.25, -0.2) is 4.79 Å². The lowest BCUT2D eigenvalue weighted by molar-refractivity contribution is 0.0876. The molecule has 0 aliphatic carbocycles. The van der Waals surface area contributed by atoms with E-state index in [4.69, 9.17) is 4.74 Å². The van der Waals surface area contributed by atoms with E-state index in [1.165, 1.54) is 12.1 Å². The lowest BCUT2D eigenvalue weighted by Gasteiger charge is -2.31. The maximum absolute atomic E-state index is 13.3. The highest BCUT2D eigenvalue weighted by Gasteiger charge is 2.31. The van der Waals surface area contributed by atoms with Crippen molar-refractivity contribution in [3.8, 4) is 5.75 Å². The van der Waals surface area contributed by atoms with Crippen LogP contribution in [0.5, 0.6) is 5.75 Å². The third-order valence-electron chi connectivity index (χ3n) is 5.43. The molecule has 1 aliphatic heterocycles. The van der Waals surface area contributed by atoms with E-state index in [-0.39, 0.29) is 36.1 Å². The second kappa shape index (κ2) is 13.8. The average Bonchev–Trinajstić information content (AvgIpc) is 3.27. The van der Waals surface area contributed by atoms with E-state index < -0.39 is 29.6 Å². The van der Waals surface area contributed by atoms with Crippen LogP contribution in [0.4, 0.5) is 9.59 Å². The maximum Gasteiger partial charge on any atom is 0.407 e. The van der Waals surface area contributed by atoms with Gasteiger partial charge in [-0.3, -0.25) is 4.79 Å². The first-order valence-electron chi connectivity index (χ1n) is 11.8. The summed E-state index contributed by atoms with van der Waals surface area (Å²) in [7, 11) is 0. The Balaban J connectivity index is 1.70. The molecule has 1 aliphatic rings. The molecular weight excluding hydrogens is 502 g/mol. The molecule has 0 aromatic heterocycles. The molecule has 0 spiro atoms. The molecule has 1 fully saturated rings. The van der Waals surface area contributed by atoms with E-state index in [9.17, 15) is 24.4 Å².